The van der Waals surface area contributed by atoms with E-state index in [0.29, 0.717) is 32.0 Å². The number of aliphatic hydroxyl groups is 1. The van der Waals surface area contributed by atoms with E-state index in [2.05, 4.69) is 4.98 Å². The Morgan fingerprint density at radius 2 is 1.91 bits per heavy atom. The molecule has 0 aliphatic carbocycles. The van der Waals surface area contributed by atoms with Crippen LogP contribution in [0.1, 0.15) is 27.2 Å². The van der Waals surface area contributed by atoms with Crippen LogP contribution in [0.25, 0.3) is 10.6 Å². The largest absolute Gasteiger partial charge is 0.503 e. The Kier molecular flexibility index (Phi) is 5.36. The van der Waals surface area contributed by atoms with Crippen molar-refractivity contribution in [3.8, 4) is 10.6 Å². The van der Waals surface area contributed by atoms with Crippen molar-refractivity contribution >= 4 is 40.3 Å². The Morgan fingerprint density at radius 1 is 1.12 bits per heavy atom. The van der Waals surface area contributed by atoms with Crippen LogP contribution in [0, 0.1) is 6.92 Å². The van der Waals surface area contributed by atoms with Gasteiger partial charge in [-0.15, -0.1) is 11.3 Å². The van der Waals surface area contributed by atoms with E-state index in [-0.39, 0.29) is 5.57 Å². The minimum Gasteiger partial charge on any atom is -0.503 e. The summed E-state index contributed by atoms with van der Waals surface area (Å²) in [5, 5.41) is 12.0. The number of hydrogen-bond acceptors (Lipinski definition) is 6. The second kappa shape index (κ2) is 8.35. The zero-order chi connectivity index (χ0) is 23.1. The number of furan rings is 1. The van der Waals surface area contributed by atoms with Gasteiger partial charge in [-0.05, 0) is 37.3 Å². The van der Waals surface area contributed by atoms with Crippen LogP contribution >= 0.6 is 22.9 Å². The van der Waals surface area contributed by atoms with Crippen molar-refractivity contribution in [1.82, 2.24) is 4.98 Å². The number of aromatic nitrogens is 1. The average Bonchev–Trinajstić information content (AvgIpc) is 3.53. The van der Waals surface area contributed by atoms with Gasteiger partial charge >= 0.3 is 0 Å². The van der Waals surface area contributed by atoms with Gasteiger partial charge < -0.3 is 9.52 Å². The monoisotopic (exact) mass is 476 g/mol. The third-order valence-electron chi connectivity index (χ3n) is 5.38. The second-order valence-electron chi connectivity index (χ2n) is 7.46. The Labute approximate surface area is 198 Å². The topological polar surface area (TPSA) is 83.6 Å². The zero-order valence-electron chi connectivity index (χ0n) is 17.4. The number of anilines is 1. The molecule has 6 nitrogen and oxygen atoms in total. The summed E-state index contributed by atoms with van der Waals surface area (Å²) in [5.74, 6) is -1.44. The third-order valence-corrected chi connectivity index (χ3v) is 6.82. The molecule has 1 atom stereocenters. The van der Waals surface area contributed by atoms with E-state index >= 15 is 0 Å². The lowest BCUT2D eigenvalue weighted by atomic mass is 9.99. The maximum atomic E-state index is 13.7. The molecule has 1 aliphatic rings. The minimum absolute atomic E-state index is 0.0544. The summed E-state index contributed by atoms with van der Waals surface area (Å²) in [6.07, 6.45) is 1.46. The van der Waals surface area contributed by atoms with Crippen molar-refractivity contribution in [2.45, 2.75) is 13.0 Å². The first-order valence-corrected chi connectivity index (χ1v) is 11.3. The maximum absolute atomic E-state index is 13.7. The number of Topliss-reactive ketones (excluding diaryl/α,β-unsaturated/α-hetero) is 1. The van der Waals surface area contributed by atoms with Crippen molar-refractivity contribution in [3.05, 3.63) is 106 Å². The first-order chi connectivity index (χ1) is 16.0. The van der Waals surface area contributed by atoms with Gasteiger partial charge in [0.1, 0.15) is 16.8 Å². The quantitative estimate of drug-likeness (QED) is 0.349. The highest BCUT2D eigenvalue weighted by atomic mass is 35.5. The Morgan fingerprint density at radius 3 is 2.61 bits per heavy atom. The van der Waals surface area contributed by atoms with Crippen molar-refractivity contribution < 1.29 is 19.1 Å². The van der Waals surface area contributed by atoms with Gasteiger partial charge in [0.25, 0.3) is 5.91 Å². The molecule has 0 spiro atoms. The van der Waals surface area contributed by atoms with E-state index in [0.717, 1.165) is 5.56 Å². The Bertz CT molecular complexity index is 1390. The molecule has 8 heteroatoms. The number of benzene rings is 2. The molecule has 0 saturated heterocycles. The fourth-order valence-electron chi connectivity index (χ4n) is 3.88. The summed E-state index contributed by atoms with van der Waals surface area (Å²) in [6, 6.07) is 18.6. The molecule has 0 saturated carbocycles. The maximum Gasteiger partial charge on any atom is 0.294 e. The highest BCUT2D eigenvalue weighted by molar-refractivity contribution is 7.17. The van der Waals surface area contributed by atoms with Gasteiger partial charge in [0.05, 0.1) is 22.4 Å². The number of thiazole rings is 1. The number of carbonyl (C=O) groups is 2. The van der Waals surface area contributed by atoms with Crippen LogP contribution in [0.3, 0.4) is 0 Å². The summed E-state index contributed by atoms with van der Waals surface area (Å²) in [5.41, 5.74) is 1.79. The number of aliphatic hydroxyl groups excluding tert-OH is 1. The van der Waals surface area contributed by atoms with E-state index < -0.39 is 23.5 Å². The molecule has 1 aliphatic heterocycles. The number of aryl methyl sites for hydroxylation is 1. The Hall–Kier alpha value is -3.68. The van der Waals surface area contributed by atoms with Crippen LogP contribution in [0.4, 0.5) is 5.69 Å². The highest BCUT2D eigenvalue weighted by Crippen LogP contribution is 2.43. The summed E-state index contributed by atoms with van der Waals surface area (Å²) >= 11 is 7.37. The first kappa shape index (κ1) is 21.2. The van der Waals surface area contributed by atoms with E-state index in [1.807, 2.05) is 30.3 Å². The molecule has 33 heavy (non-hydrogen) atoms. The smallest absolute Gasteiger partial charge is 0.294 e. The lowest BCUT2D eigenvalue weighted by molar-refractivity contribution is -0.117. The molecule has 1 N–H and O–H groups in total. The number of halogens is 1. The zero-order valence-corrected chi connectivity index (χ0v) is 18.9. The van der Waals surface area contributed by atoms with Gasteiger partial charge in [-0.3, -0.25) is 14.5 Å². The summed E-state index contributed by atoms with van der Waals surface area (Å²) in [6.45, 7) is 1.74. The molecule has 164 valence electrons. The predicted octanol–water partition coefficient (Wildman–Crippen LogP) is 6.15. The molecule has 3 heterocycles. The first-order valence-electron chi connectivity index (χ1n) is 10.1. The van der Waals surface area contributed by atoms with Crippen molar-refractivity contribution in [2.24, 2.45) is 0 Å². The molecule has 5 rings (SSSR count). The second-order valence-corrected chi connectivity index (χ2v) is 8.90. The summed E-state index contributed by atoms with van der Waals surface area (Å²) < 4.78 is 5.58. The van der Waals surface area contributed by atoms with Crippen LogP contribution in [0.15, 0.2) is 88.7 Å². The molecule has 1 unspecified atom stereocenters. The van der Waals surface area contributed by atoms with Gasteiger partial charge in [-0.25, -0.2) is 4.98 Å². The van der Waals surface area contributed by atoms with Crippen LogP contribution < -0.4 is 4.90 Å². The molecule has 0 fully saturated rings. The van der Waals surface area contributed by atoms with E-state index in [1.165, 1.54) is 22.5 Å². The predicted molar refractivity (Wildman–Crippen MR) is 127 cm³/mol. The van der Waals surface area contributed by atoms with Gasteiger partial charge in [-0.2, -0.15) is 0 Å². The minimum atomic E-state index is -0.944. The van der Waals surface area contributed by atoms with E-state index in [9.17, 15) is 14.7 Å². The standard InChI is InChI=1S/C25H17ClN2O4S/c1-14-23(33-24(27-14)15-7-3-2-4-8-15)21(29)19-20(18-11-6-12-32-18)28(25(31)22(19)30)17-10-5-9-16(26)13-17/h2-13,20,30H,1H3. The number of ketones is 1. The van der Waals surface area contributed by atoms with Crippen LogP contribution in [0.5, 0.6) is 0 Å². The van der Waals surface area contributed by atoms with Crippen LogP contribution in [0.2, 0.25) is 5.02 Å². The van der Waals surface area contributed by atoms with E-state index in [4.69, 9.17) is 16.0 Å². The number of rotatable bonds is 5. The molecule has 2 aromatic carbocycles. The summed E-state index contributed by atoms with van der Waals surface area (Å²) in [4.78, 5) is 33.1. The SMILES string of the molecule is Cc1nc(-c2ccccc2)sc1C(=O)C1=C(O)C(=O)N(c2cccc(Cl)c2)C1c1ccco1. The van der Waals surface area contributed by atoms with Crippen molar-refractivity contribution in [3.63, 3.8) is 0 Å². The highest BCUT2D eigenvalue weighted by Gasteiger charge is 2.46. The Balaban J connectivity index is 1.61. The van der Waals surface area contributed by atoms with Gasteiger partial charge in [0.15, 0.2) is 5.76 Å². The van der Waals surface area contributed by atoms with Crippen LogP contribution in [-0.2, 0) is 4.79 Å². The molecular formula is C25H17ClN2O4S. The molecule has 0 radical (unpaired) electrons. The molecular weight excluding hydrogens is 460 g/mol. The lowest BCUT2D eigenvalue weighted by Crippen LogP contribution is -2.30. The third kappa shape index (κ3) is 3.65. The molecule has 0 bridgehead atoms. The number of amides is 1. The average molecular weight is 477 g/mol. The fraction of sp³-hybridized carbons (Fsp3) is 0.0800. The van der Waals surface area contributed by atoms with E-state index in [1.54, 1.807) is 43.3 Å². The summed E-state index contributed by atoms with van der Waals surface area (Å²) in [7, 11) is 0. The van der Waals surface area contributed by atoms with Crippen molar-refractivity contribution in [2.75, 3.05) is 4.90 Å². The fourth-order valence-corrected chi connectivity index (χ4v) is 5.09. The molecule has 1 amide bonds. The van der Waals surface area contributed by atoms with Crippen molar-refractivity contribution in [1.29, 1.82) is 0 Å². The van der Waals surface area contributed by atoms with Gasteiger partial charge in [0, 0.05) is 16.3 Å². The van der Waals surface area contributed by atoms with Gasteiger partial charge in [-0.1, -0.05) is 48.0 Å². The number of carbonyl (C=O) groups excluding carboxylic acids is 2. The van der Waals surface area contributed by atoms with Crippen LogP contribution in [-0.4, -0.2) is 21.8 Å². The van der Waals surface area contributed by atoms with Gasteiger partial charge in [0.2, 0.25) is 5.78 Å². The number of nitrogens with zero attached hydrogens (tertiary/aromatic N) is 2. The normalized spacial score (nSPS) is 16.0. The number of hydrogen-bond donors (Lipinski definition) is 1. The molecule has 4 aromatic rings. The lowest BCUT2D eigenvalue weighted by Gasteiger charge is -2.25. The molecule has 2 aromatic heterocycles.